The molecule has 3 aliphatic rings. The van der Waals surface area contributed by atoms with Crippen LogP contribution in [0, 0.1) is 0 Å². The van der Waals surface area contributed by atoms with E-state index in [2.05, 4.69) is 79.3 Å². The largest absolute Gasteiger partial charge is 0.296 e. The molecule has 0 atom stereocenters. The SMILES string of the molecule is CN1C(C)(C)CC(ON2CN(Cl)CN(OC3CC(C)(C)N(C)C(C)(C)C3)C2)CC1(C)C. The Kier molecular flexibility index (Phi) is 7.16. The number of hydrogen-bond acceptors (Lipinski definition) is 7. The summed E-state index contributed by atoms with van der Waals surface area (Å²) in [6.45, 7) is 20.1. The van der Waals surface area contributed by atoms with E-state index in [1.165, 1.54) is 0 Å². The number of likely N-dealkylation sites (tertiary alicyclic amines) is 2. The lowest BCUT2D eigenvalue weighted by molar-refractivity contribution is -0.337. The minimum atomic E-state index is 0.0876. The van der Waals surface area contributed by atoms with Crippen LogP contribution < -0.4 is 0 Å². The summed E-state index contributed by atoms with van der Waals surface area (Å²) < 4.78 is 1.74. The summed E-state index contributed by atoms with van der Waals surface area (Å²) in [5.41, 5.74) is 0.351. The predicted octanol–water partition coefficient (Wildman–Crippen LogP) is 4.10. The molecular weight excluding hydrogens is 414 g/mol. The van der Waals surface area contributed by atoms with E-state index in [0.29, 0.717) is 20.0 Å². The lowest BCUT2D eigenvalue weighted by atomic mass is 9.79. The third kappa shape index (κ3) is 5.75. The van der Waals surface area contributed by atoms with Gasteiger partial charge in [0, 0.05) is 22.2 Å². The standard InChI is InChI=1S/C23H46ClN5O2/c1-20(2)11-18(12-21(3,4)25(20)9)30-28-15-27(24)16-29(17-28)31-19-13-22(5,6)26(10)23(7,8)14-19/h18-19H,11-17H2,1-10H3. The molecule has 0 N–H and O–H groups in total. The van der Waals surface area contributed by atoms with E-state index in [9.17, 15) is 0 Å². The lowest BCUT2D eigenvalue weighted by Gasteiger charge is -2.54. The third-order valence-electron chi connectivity index (χ3n) is 8.07. The zero-order valence-corrected chi connectivity index (χ0v) is 22.3. The number of halogens is 1. The second-order valence-electron chi connectivity index (χ2n) is 12.5. The van der Waals surface area contributed by atoms with Gasteiger partial charge in [-0.1, -0.05) is 0 Å². The van der Waals surface area contributed by atoms with Gasteiger partial charge < -0.3 is 0 Å². The van der Waals surface area contributed by atoms with E-state index in [0.717, 1.165) is 25.7 Å². The van der Waals surface area contributed by atoms with Crippen LogP contribution in [0.15, 0.2) is 0 Å². The monoisotopic (exact) mass is 459 g/mol. The number of hydroxylamine groups is 4. The third-order valence-corrected chi connectivity index (χ3v) is 8.29. The normalized spacial score (nSPS) is 31.8. The van der Waals surface area contributed by atoms with Crippen LogP contribution in [0.1, 0.15) is 81.1 Å². The van der Waals surface area contributed by atoms with Crippen LogP contribution in [0.4, 0.5) is 0 Å². The molecule has 182 valence electrons. The Labute approximate surface area is 195 Å². The predicted molar refractivity (Wildman–Crippen MR) is 126 cm³/mol. The Hall–Kier alpha value is 0.01000. The summed E-state index contributed by atoms with van der Waals surface area (Å²) in [5.74, 6) is 0. The number of rotatable bonds is 4. The lowest BCUT2D eigenvalue weighted by Crippen LogP contribution is -2.62. The van der Waals surface area contributed by atoms with Crippen molar-refractivity contribution in [2.75, 3.05) is 34.1 Å². The molecule has 0 radical (unpaired) electrons. The quantitative estimate of drug-likeness (QED) is 0.585. The van der Waals surface area contributed by atoms with Gasteiger partial charge in [0.05, 0.1) is 25.5 Å². The van der Waals surface area contributed by atoms with Crippen molar-refractivity contribution in [3.8, 4) is 0 Å². The van der Waals surface area contributed by atoms with Crippen molar-refractivity contribution in [1.82, 2.24) is 24.3 Å². The second kappa shape index (κ2) is 8.66. The molecule has 3 fully saturated rings. The summed E-state index contributed by atoms with van der Waals surface area (Å²) >= 11 is 6.49. The Morgan fingerprint density at radius 2 is 0.871 bits per heavy atom. The van der Waals surface area contributed by atoms with E-state index < -0.39 is 0 Å². The molecule has 0 bridgehead atoms. The van der Waals surface area contributed by atoms with Crippen molar-refractivity contribution in [2.24, 2.45) is 0 Å². The molecule has 8 heteroatoms. The Morgan fingerprint density at radius 1 is 0.581 bits per heavy atom. The first-order valence-electron chi connectivity index (χ1n) is 11.7. The maximum absolute atomic E-state index is 6.49. The molecule has 0 unspecified atom stereocenters. The first-order valence-corrected chi connectivity index (χ1v) is 12.1. The minimum absolute atomic E-state index is 0.0876. The highest BCUT2D eigenvalue weighted by Gasteiger charge is 2.46. The van der Waals surface area contributed by atoms with Crippen LogP contribution in [0.3, 0.4) is 0 Å². The Bertz CT molecular complexity index is 553. The zero-order valence-electron chi connectivity index (χ0n) is 21.5. The maximum atomic E-state index is 6.49. The molecule has 7 nitrogen and oxygen atoms in total. The average molecular weight is 460 g/mol. The van der Waals surface area contributed by atoms with Crippen LogP contribution in [0.2, 0.25) is 0 Å². The smallest absolute Gasteiger partial charge is 0.103 e. The topological polar surface area (TPSA) is 34.7 Å². The summed E-state index contributed by atoms with van der Waals surface area (Å²) in [4.78, 5) is 17.9. The van der Waals surface area contributed by atoms with Gasteiger partial charge in [-0.3, -0.25) is 19.5 Å². The van der Waals surface area contributed by atoms with Gasteiger partial charge >= 0.3 is 0 Å². The molecule has 3 aliphatic heterocycles. The molecule has 0 aliphatic carbocycles. The van der Waals surface area contributed by atoms with Gasteiger partial charge in [-0.05, 0) is 107 Å². The van der Waals surface area contributed by atoms with Crippen LogP contribution in [0.25, 0.3) is 0 Å². The van der Waals surface area contributed by atoms with Gasteiger partial charge in [-0.2, -0.15) is 14.5 Å². The summed E-state index contributed by atoms with van der Waals surface area (Å²) in [5, 5.41) is 3.92. The van der Waals surface area contributed by atoms with Crippen LogP contribution in [-0.4, -0.2) is 92.8 Å². The van der Waals surface area contributed by atoms with Crippen LogP contribution in [-0.2, 0) is 9.68 Å². The van der Waals surface area contributed by atoms with Crippen molar-refractivity contribution in [3.63, 3.8) is 0 Å². The van der Waals surface area contributed by atoms with Crippen molar-refractivity contribution < 1.29 is 9.68 Å². The van der Waals surface area contributed by atoms with Gasteiger partial charge in [-0.25, -0.2) is 0 Å². The second-order valence-corrected chi connectivity index (χ2v) is 13.0. The van der Waals surface area contributed by atoms with Crippen LogP contribution >= 0.6 is 11.8 Å². The highest BCUT2D eigenvalue weighted by atomic mass is 35.5. The fourth-order valence-corrected chi connectivity index (χ4v) is 6.15. The Balaban J connectivity index is 1.62. The van der Waals surface area contributed by atoms with Crippen molar-refractivity contribution in [2.45, 2.75) is 115 Å². The molecule has 0 saturated carbocycles. The number of hydrogen-bond donors (Lipinski definition) is 0. The molecule has 3 heterocycles. The van der Waals surface area contributed by atoms with E-state index in [1.807, 2.05) is 10.1 Å². The molecule has 3 saturated heterocycles. The van der Waals surface area contributed by atoms with Gasteiger partial charge in [0.25, 0.3) is 0 Å². The van der Waals surface area contributed by atoms with E-state index in [-0.39, 0.29) is 34.4 Å². The molecule has 0 aromatic carbocycles. The van der Waals surface area contributed by atoms with Crippen LogP contribution in [0.5, 0.6) is 0 Å². The van der Waals surface area contributed by atoms with Crippen molar-refractivity contribution >= 4 is 11.8 Å². The highest BCUT2D eigenvalue weighted by Crippen LogP contribution is 2.40. The molecule has 0 aromatic heterocycles. The first kappa shape index (κ1) is 25.6. The molecule has 3 rings (SSSR count). The fraction of sp³-hybridized carbons (Fsp3) is 1.00. The van der Waals surface area contributed by atoms with E-state index >= 15 is 0 Å². The van der Waals surface area contributed by atoms with Gasteiger partial charge in [0.1, 0.15) is 6.67 Å². The number of nitrogens with zero attached hydrogens (tertiary/aromatic N) is 5. The van der Waals surface area contributed by atoms with E-state index in [1.54, 1.807) is 4.42 Å². The van der Waals surface area contributed by atoms with E-state index in [4.69, 9.17) is 21.5 Å². The molecule has 31 heavy (non-hydrogen) atoms. The maximum Gasteiger partial charge on any atom is 0.103 e. The molecule has 0 amide bonds. The molecule has 0 spiro atoms. The zero-order chi connectivity index (χ0) is 23.4. The number of piperidine rings is 2. The van der Waals surface area contributed by atoms with Gasteiger partial charge in [0.2, 0.25) is 0 Å². The van der Waals surface area contributed by atoms with Crippen molar-refractivity contribution in [1.29, 1.82) is 0 Å². The molecule has 0 aromatic rings. The summed E-state index contributed by atoms with van der Waals surface area (Å²) in [7, 11) is 4.44. The fourth-order valence-electron chi connectivity index (χ4n) is 5.92. The summed E-state index contributed by atoms with van der Waals surface area (Å²) in [6.07, 6.45) is 4.28. The Morgan fingerprint density at radius 3 is 1.16 bits per heavy atom. The van der Waals surface area contributed by atoms with Gasteiger partial charge in [-0.15, -0.1) is 0 Å². The highest BCUT2D eigenvalue weighted by molar-refractivity contribution is 6.13. The average Bonchev–Trinajstić information content (AvgIpc) is 2.56. The molecular formula is C23H46ClN5O2. The minimum Gasteiger partial charge on any atom is -0.296 e. The van der Waals surface area contributed by atoms with Crippen molar-refractivity contribution in [3.05, 3.63) is 0 Å². The first-order chi connectivity index (χ1) is 14.0. The van der Waals surface area contributed by atoms with Gasteiger partial charge in [0.15, 0.2) is 0 Å². The summed E-state index contributed by atoms with van der Waals surface area (Å²) in [6, 6.07) is 0.